The van der Waals surface area contributed by atoms with Gasteiger partial charge in [0.15, 0.2) is 11.7 Å². The number of rotatable bonds is 29. The van der Waals surface area contributed by atoms with Gasteiger partial charge in [-0.05, 0) is 166 Å². The number of aliphatic imine (C=N–C) groups is 1. The van der Waals surface area contributed by atoms with Gasteiger partial charge >= 0.3 is 0 Å². The maximum absolute atomic E-state index is 6.00. The molecule has 26 nitrogen and oxygen atoms in total. The van der Waals surface area contributed by atoms with Crippen molar-refractivity contribution < 1.29 is 37.9 Å². The summed E-state index contributed by atoms with van der Waals surface area (Å²) in [5.74, 6) is 8.63. The highest BCUT2D eigenvalue weighted by Gasteiger charge is 2.14. The van der Waals surface area contributed by atoms with Crippen LogP contribution in [0.3, 0.4) is 0 Å². The largest absolute Gasteiger partial charge is 0.489 e. The van der Waals surface area contributed by atoms with E-state index in [0.29, 0.717) is 82.5 Å². The molecule has 0 fully saturated rings. The molecule has 0 radical (unpaired) electrons. The Kier molecular flexibility index (Phi) is 26.2. The summed E-state index contributed by atoms with van der Waals surface area (Å²) in [4.78, 5) is 26.7. The summed E-state index contributed by atoms with van der Waals surface area (Å²) < 4.78 is 47.3. The molecule has 3 N–H and O–H groups in total. The number of H-pyrrole nitrogens is 3. The molecule has 0 atom stereocenters. The number of ether oxygens (including phenoxy) is 8. The summed E-state index contributed by atoms with van der Waals surface area (Å²) in [5, 5.41) is 46.9. The van der Waals surface area contributed by atoms with Crippen LogP contribution in [-0.2, 0) is 59.3 Å². The zero-order valence-corrected chi connectivity index (χ0v) is 67.2. The van der Waals surface area contributed by atoms with E-state index >= 15 is 0 Å². The van der Waals surface area contributed by atoms with Crippen molar-refractivity contribution in [3.05, 3.63) is 397 Å². The third kappa shape index (κ3) is 22.7. The van der Waals surface area contributed by atoms with Crippen molar-refractivity contribution in [1.29, 1.82) is 0 Å². The molecule has 0 aliphatic carbocycles. The zero-order chi connectivity index (χ0) is 84.2. The highest BCUT2D eigenvalue weighted by molar-refractivity contribution is 5.91. The topological polar surface area (TPSA) is 313 Å². The Morgan fingerprint density at radius 2 is 0.664 bits per heavy atom. The summed E-state index contributed by atoms with van der Waals surface area (Å²) >= 11 is 0. The summed E-state index contributed by atoms with van der Waals surface area (Å²) in [5.41, 5.74) is 15.4. The second kappa shape index (κ2) is 40.6. The van der Waals surface area contributed by atoms with E-state index in [-0.39, 0.29) is 0 Å². The number of hydrogen-bond acceptors (Lipinski definition) is 23. The molecule has 0 unspecified atom stereocenters. The molecular formula is C99H78N18O8. The molecule has 0 spiro atoms. The van der Waals surface area contributed by atoms with Crippen LogP contribution >= 0.6 is 0 Å². The Bertz CT molecular complexity index is 6830. The van der Waals surface area contributed by atoms with Gasteiger partial charge in [0.1, 0.15) is 111 Å². The number of benzene rings is 12. The minimum Gasteiger partial charge on any atom is -0.489 e. The zero-order valence-electron chi connectivity index (χ0n) is 67.2. The first-order valence-electron chi connectivity index (χ1n) is 40.0. The average molecular weight is 1650 g/mol. The Balaban J connectivity index is 0.000000118. The van der Waals surface area contributed by atoms with Crippen LogP contribution in [0, 0.1) is 0 Å². The van der Waals surface area contributed by atoms with E-state index < -0.39 is 0 Å². The third-order valence-corrected chi connectivity index (χ3v) is 19.6. The molecular weight excluding hydrogens is 1570 g/mol. The van der Waals surface area contributed by atoms with Crippen LogP contribution in [0.15, 0.2) is 361 Å². The minimum absolute atomic E-state index is 0.375. The van der Waals surface area contributed by atoms with Crippen molar-refractivity contribution in [1.82, 2.24) is 76.4 Å². The number of fused-ring (bicyclic) bond motifs is 4. The van der Waals surface area contributed by atoms with Crippen molar-refractivity contribution in [2.24, 2.45) is 15.2 Å². The predicted molar refractivity (Wildman–Crippen MR) is 476 cm³/mol. The van der Waals surface area contributed by atoms with E-state index in [1.165, 1.54) is 6.33 Å². The van der Waals surface area contributed by atoms with E-state index in [1.807, 2.05) is 303 Å². The van der Waals surface area contributed by atoms with Gasteiger partial charge in [-0.2, -0.15) is 20.5 Å². The number of nitrogens with one attached hydrogen (secondary N) is 3. The second-order valence-electron chi connectivity index (χ2n) is 28.4. The number of aromatic amines is 3. The lowest BCUT2D eigenvalue weighted by molar-refractivity contribution is 0.287. The van der Waals surface area contributed by atoms with Gasteiger partial charge < -0.3 is 37.9 Å². The predicted octanol–water partition coefficient (Wildman–Crippen LogP) is 19.8. The normalized spacial score (nSPS) is 11.2. The summed E-state index contributed by atoms with van der Waals surface area (Å²) in [6.07, 6.45) is 2.12. The number of hydrogen-bond donors (Lipinski definition) is 3. The smallest absolute Gasteiger partial charge is 0.205 e. The minimum atomic E-state index is 0.375. The molecule has 19 aromatic rings. The van der Waals surface area contributed by atoms with Crippen LogP contribution in [0.2, 0.25) is 0 Å². The molecule has 7 aromatic heterocycles. The maximum Gasteiger partial charge on any atom is 0.205 e. The van der Waals surface area contributed by atoms with Crippen LogP contribution in [0.5, 0.6) is 46.0 Å². The Morgan fingerprint density at radius 1 is 0.296 bits per heavy atom. The van der Waals surface area contributed by atoms with E-state index in [9.17, 15) is 0 Å². The van der Waals surface area contributed by atoms with Crippen molar-refractivity contribution >= 4 is 55.5 Å². The highest BCUT2D eigenvalue weighted by atomic mass is 16.5. The lowest BCUT2D eigenvalue weighted by Gasteiger charge is -2.11. The summed E-state index contributed by atoms with van der Waals surface area (Å²) in [7, 11) is 0. The summed E-state index contributed by atoms with van der Waals surface area (Å²) in [6.45, 7) is 3.42. The molecule has 1 aliphatic rings. The van der Waals surface area contributed by atoms with Gasteiger partial charge in [-0.15, -0.1) is 25.5 Å². The molecule has 20 rings (SSSR count). The Morgan fingerprint density at radius 3 is 1.08 bits per heavy atom. The number of amidine groups is 1. The first-order valence-corrected chi connectivity index (χ1v) is 40.0. The molecule has 125 heavy (non-hydrogen) atoms. The quantitative estimate of drug-likeness (QED) is 0.0392. The van der Waals surface area contributed by atoms with Gasteiger partial charge in [0.2, 0.25) is 11.6 Å². The molecule has 612 valence electrons. The molecule has 1 aliphatic heterocycles. The first kappa shape index (κ1) is 80.4. The highest BCUT2D eigenvalue weighted by Crippen LogP contribution is 2.29. The molecule has 0 bridgehead atoms. The van der Waals surface area contributed by atoms with Gasteiger partial charge in [0.05, 0.1) is 44.8 Å². The van der Waals surface area contributed by atoms with Gasteiger partial charge in [0, 0.05) is 62.4 Å². The lowest BCUT2D eigenvalue weighted by Crippen LogP contribution is -2.00. The van der Waals surface area contributed by atoms with Crippen molar-refractivity contribution in [3.8, 4) is 80.2 Å². The van der Waals surface area contributed by atoms with E-state index in [0.717, 1.165) is 157 Å². The van der Waals surface area contributed by atoms with Crippen LogP contribution in [-0.4, -0.2) is 88.2 Å². The molecule has 8 heterocycles. The SMILES string of the molecule is C1=NN=C(Cc2ccc(OCc3ccc(OCc4ccc5ccccc5n4)cc3)cc2)N=1.c1cc(OCc2ccc(-c3nn[nH]n3)cc2)cc(OCc2ccc3ccccc3n2)c1.c1cc(OCc2ccc3ccccc3n2)cc(OCc2ccccc2-c2nn[nH]n2)c1.c1ccc2nc(COc3ccc(COc4ccc(-c5ncn[nH]5)cc4)cc3)ccc2c1. The van der Waals surface area contributed by atoms with E-state index in [1.54, 1.807) is 0 Å². The number of pyridine rings is 4. The number of aromatic nitrogens is 15. The summed E-state index contributed by atoms with van der Waals surface area (Å²) in [6, 6.07) is 113. The van der Waals surface area contributed by atoms with Gasteiger partial charge in [-0.25, -0.2) is 24.9 Å². The fourth-order valence-electron chi connectivity index (χ4n) is 13.1. The average Bonchev–Trinajstić information content (AvgIpc) is 1.80. The van der Waals surface area contributed by atoms with Crippen LogP contribution < -0.4 is 37.9 Å². The fraction of sp³-hybridized carbons (Fsp3) is 0.0909. The number of nitrogens with zero attached hydrogens (tertiary/aromatic N) is 15. The Hall–Kier alpha value is -17.0. The standard InChI is InChI=1S/C26H20N4O2.C25H20N4O2.2C24H19N5O2/c1-2-4-25-21(3-1)9-10-22(29-25)17-32-24-13-7-20(8-14-24)16-31-23-11-5-19(6-12-23)15-26-27-18-28-30-26;1-2-4-24-19(3-1)7-10-21(28-24)16-31-22-11-5-18(6-12-22)15-30-23-13-8-20(9-14-23)25-26-17-27-29-25;1-3-10-22(24-26-28-29-27-24)18(7-1)15-30-20-8-5-9-21(14-20)31-16-19-13-12-17-6-2-4-11-23(17)25-19;1-2-7-23-18(4-1)12-13-20(25-23)16-31-22-6-3-5-21(14-22)30-15-17-8-10-19(11-9-17)24-26-28-29-27-24/h1-14H,15-17H2;1-14,17H,15-16H2,(H,26,27,29);2*1-14H,15-16H2,(H,26,27,28,29). The van der Waals surface area contributed by atoms with Gasteiger partial charge in [-0.1, -0.05) is 199 Å². The maximum atomic E-state index is 6.00. The monoisotopic (exact) mass is 1650 g/mol. The molecule has 0 saturated heterocycles. The molecule has 12 aromatic carbocycles. The lowest BCUT2D eigenvalue weighted by atomic mass is 10.1. The first-order chi connectivity index (χ1) is 61.8. The van der Waals surface area contributed by atoms with Crippen LogP contribution in [0.1, 0.15) is 50.6 Å². The van der Waals surface area contributed by atoms with Crippen LogP contribution in [0.25, 0.3) is 77.8 Å². The third-order valence-electron chi connectivity index (χ3n) is 19.6. The van der Waals surface area contributed by atoms with Crippen molar-refractivity contribution in [2.75, 3.05) is 0 Å². The van der Waals surface area contributed by atoms with E-state index in [4.69, 9.17) is 37.9 Å². The Labute approximate surface area is 717 Å². The van der Waals surface area contributed by atoms with Crippen molar-refractivity contribution in [2.45, 2.75) is 59.3 Å². The number of para-hydroxylation sites is 4. The van der Waals surface area contributed by atoms with Crippen molar-refractivity contribution in [3.63, 3.8) is 0 Å². The number of tetrazole rings is 2. The fourth-order valence-corrected chi connectivity index (χ4v) is 13.1. The van der Waals surface area contributed by atoms with Gasteiger partial charge in [-0.3, -0.25) is 5.10 Å². The van der Waals surface area contributed by atoms with Gasteiger partial charge in [0.25, 0.3) is 0 Å². The molecule has 0 saturated carbocycles. The second-order valence-corrected chi connectivity index (χ2v) is 28.4. The molecule has 0 amide bonds. The molecule has 26 heteroatoms. The van der Waals surface area contributed by atoms with Crippen LogP contribution in [0.4, 0.5) is 0 Å². The van der Waals surface area contributed by atoms with E-state index in [2.05, 4.69) is 134 Å².